The highest BCUT2D eigenvalue weighted by Gasteiger charge is 2.08. The maximum absolute atomic E-state index is 11.8. The summed E-state index contributed by atoms with van der Waals surface area (Å²) in [6, 6.07) is 14.6. The average Bonchev–Trinajstić information content (AvgIpc) is 2.60. The van der Waals surface area contributed by atoms with E-state index in [0.717, 1.165) is 6.42 Å². The number of rotatable bonds is 6. The van der Waals surface area contributed by atoms with Crippen LogP contribution in [-0.4, -0.2) is 18.4 Å². The number of carbonyl (C=O) groups excluding carboxylic acids is 2. The van der Waals surface area contributed by atoms with Crippen LogP contribution in [0.15, 0.2) is 48.5 Å². The Balaban J connectivity index is 1.72. The van der Waals surface area contributed by atoms with E-state index in [0.29, 0.717) is 16.3 Å². The van der Waals surface area contributed by atoms with Crippen molar-refractivity contribution in [3.63, 3.8) is 0 Å². The summed E-state index contributed by atoms with van der Waals surface area (Å²) >= 11 is 5.98. The normalized spacial score (nSPS) is 10.1. The van der Waals surface area contributed by atoms with Crippen LogP contribution in [0.5, 0.6) is 5.75 Å². The van der Waals surface area contributed by atoms with Gasteiger partial charge in [-0.05, 0) is 35.7 Å². The topological polar surface area (TPSA) is 67.4 Å². The van der Waals surface area contributed by atoms with Crippen molar-refractivity contribution in [2.24, 2.45) is 0 Å². The van der Waals surface area contributed by atoms with Gasteiger partial charge in [0.15, 0.2) is 6.61 Å². The van der Waals surface area contributed by atoms with E-state index < -0.39 is 5.91 Å². The van der Waals surface area contributed by atoms with Gasteiger partial charge in [0.2, 0.25) is 5.91 Å². The van der Waals surface area contributed by atoms with Crippen LogP contribution in [0.3, 0.4) is 0 Å². The van der Waals surface area contributed by atoms with Crippen LogP contribution in [0.25, 0.3) is 0 Å². The number of hydrogen-bond acceptors (Lipinski definition) is 3. The van der Waals surface area contributed by atoms with Gasteiger partial charge in [-0.25, -0.2) is 0 Å². The summed E-state index contributed by atoms with van der Waals surface area (Å²) in [5.41, 5.74) is 6.53. The number of amides is 2. The van der Waals surface area contributed by atoms with Gasteiger partial charge in [0.05, 0.1) is 6.42 Å². The first kappa shape index (κ1) is 17.8. The van der Waals surface area contributed by atoms with Crippen LogP contribution in [0, 0.1) is 0 Å². The SMILES string of the molecule is CCc1ccc(OCC(=O)NNC(=O)Cc2ccccc2Cl)cc1. The van der Waals surface area contributed by atoms with Crippen LogP contribution in [0.1, 0.15) is 18.1 Å². The smallest absolute Gasteiger partial charge is 0.276 e. The first-order valence-corrected chi connectivity index (χ1v) is 7.99. The van der Waals surface area contributed by atoms with Crippen LogP contribution in [0.4, 0.5) is 0 Å². The molecule has 2 amide bonds. The molecule has 0 bridgehead atoms. The first-order valence-electron chi connectivity index (χ1n) is 7.61. The minimum atomic E-state index is -0.443. The fraction of sp³-hybridized carbons (Fsp3) is 0.222. The second-order valence-corrected chi connectivity index (χ2v) is 5.56. The Morgan fingerprint density at radius 1 is 1.00 bits per heavy atom. The predicted molar refractivity (Wildman–Crippen MR) is 92.8 cm³/mol. The monoisotopic (exact) mass is 346 g/mol. The molecule has 0 fully saturated rings. The summed E-state index contributed by atoms with van der Waals surface area (Å²) in [7, 11) is 0. The van der Waals surface area contributed by atoms with E-state index in [4.69, 9.17) is 16.3 Å². The van der Waals surface area contributed by atoms with E-state index in [1.54, 1.807) is 24.3 Å². The van der Waals surface area contributed by atoms with Gasteiger partial charge >= 0.3 is 0 Å². The fourth-order valence-corrected chi connectivity index (χ4v) is 2.21. The minimum absolute atomic E-state index is 0.0826. The predicted octanol–water partition coefficient (Wildman–Crippen LogP) is 2.67. The Hall–Kier alpha value is -2.53. The zero-order valence-corrected chi connectivity index (χ0v) is 14.1. The molecule has 2 aromatic carbocycles. The van der Waals surface area contributed by atoms with Crippen molar-refractivity contribution < 1.29 is 14.3 Å². The molecule has 0 heterocycles. The maximum atomic E-state index is 11.8. The third-order valence-electron chi connectivity index (χ3n) is 3.35. The highest BCUT2D eigenvalue weighted by Crippen LogP contribution is 2.15. The molecular weight excluding hydrogens is 328 g/mol. The van der Waals surface area contributed by atoms with E-state index in [9.17, 15) is 9.59 Å². The molecule has 0 aliphatic carbocycles. The lowest BCUT2D eigenvalue weighted by Crippen LogP contribution is -2.44. The summed E-state index contributed by atoms with van der Waals surface area (Å²) in [5.74, 6) is -0.199. The average molecular weight is 347 g/mol. The number of nitrogens with one attached hydrogen (secondary N) is 2. The zero-order valence-electron chi connectivity index (χ0n) is 13.3. The van der Waals surface area contributed by atoms with E-state index in [-0.39, 0.29) is 18.9 Å². The summed E-state index contributed by atoms with van der Waals surface area (Å²) in [6.07, 6.45) is 1.03. The third kappa shape index (κ3) is 5.59. The third-order valence-corrected chi connectivity index (χ3v) is 3.72. The van der Waals surface area contributed by atoms with Gasteiger partial charge in [-0.15, -0.1) is 0 Å². The van der Waals surface area contributed by atoms with Crippen molar-refractivity contribution in [1.82, 2.24) is 10.9 Å². The van der Waals surface area contributed by atoms with Gasteiger partial charge in [-0.2, -0.15) is 0 Å². The Bertz CT molecular complexity index is 702. The largest absolute Gasteiger partial charge is 0.484 e. The van der Waals surface area contributed by atoms with Crippen LogP contribution < -0.4 is 15.6 Å². The standard InChI is InChI=1S/C18H19ClN2O3/c1-2-13-7-9-15(10-8-13)24-12-18(23)21-20-17(22)11-14-5-3-4-6-16(14)19/h3-10H,2,11-12H2,1H3,(H,20,22)(H,21,23). The molecule has 2 rings (SSSR count). The maximum Gasteiger partial charge on any atom is 0.276 e. The molecule has 0 atom stereocenters. The quantitative estimate of drug-likeness (QED) is 0.790. The number of benzene rings is 2. The van der Waals surface area contributed by atoms with Crippen molar-refractivity contribution >= 4 is 23.4 Å². The second-order valence-electron chi connectivity index (χ2n) is 5.15. The number of halogens is 1. The lowest BCUT2D eigenvalue weighted by Gasteiger charge is -2.09. The molecule has 0 aromatic heterocycles. The van der Waals surface area contributed by atoms with Gasteiger partial charge in [0.1, 0.15) is 5.75 Å². The lowest BCUT2D eigenvalue weighted by atomic mass is 10.1. The molecule has 0 saturated carbocycles. The van der Waals surface area contributed by atoms with Gasteiger partial charge in [0, 0.05) is 5.02 Å². The molecular formula is C18H19ClN2O3. The number of ether oxygens (including phenoxy) is 1. The van der Waals surface area contributed by atoms with Gasteiger partial charge in [-0.3, -0.25) is 20.4 Å². The molecule has 126 valence electrons. The number of hydrazine groups is 1. The molecule has 5 nitrogen and oxygen atoms in total. The van der Waals surface area contributed by atoms with Crippen LogP contribution in [0.2, 0.25) is 5.02 Å². The molecule has 0 radical (unpaired) electrons. The van der Waals surface area contributed by atoms with Crippen molar-refractivity contribution in [3.8, 4) is 5.75 Å². The molecule has 0 aliphatic rings. The Morgan fingerprint density at radius 2 is 1.67 bits per heavy atom. The number of carbonyl (C=O) groups is 2. The number of aryl methyl sites for hydroxylation is 1. The second kappa shape index (κ2) is 8.93. The molecule has 0 saturated heterocycles. The summed E-state index contributed by atoms with van der Waals surface area (Å²) in [5, 5.41) is 0.512. The first-order chi connectivity index (χ1) is 11.6. The lowest BCUT2D eigenvalue weighted by molar-refractivity contribution is -0.129. The Kier molecular flexibility index (Phi) is 6.63. The fourth-order valence-electron chi connectivity index (χ4n) is 2.00. The molecule has 2 N–H and O–H groups in total. The zero-order chi connectivity index (χ0) is 17.4. The number of hydrogen-bond donors (Lipinski definition) is 2. The van der Waals surface area contributed by atoms with Crippen molar-refractivity contribution in [3.05, 3.63) is 64.7 Å². The highest BCUT2D eigenvalue weighted by atomic mass is 35.5. The Morgan fingerprint density at radius 3 is 2.33 bits per heavy atom. The summed E-state index contributed by atoms with van der Waals surface area (Å²) in [6.45, 7) is 1.88. The van der Waals surface area contributed by atoms with Gasteiger partial charge in [0.25, 0.3) is 5.91 Å². The van der Waals surface area contributed by atoms with Crippen LogP contribution in [-0.2, 0) is 22.4 Å². The Labute approximate surface area is 145 Å². The molecule has 0 unspecified atom stereocenters. The minimum Gasteiger partial charge on any atom is -0.484 e. The van der Waals surface area contributed by atoms with E-state index in [1.807, 2.05) is 24.3 Å². The molecule has 0 spiro atoms. The highest BCUT2D eigenvalue weighted by molar-refractivity contribution is 6.31. The summed E-state index contributed by atoms with van der Waals surface area (Å²) < 4.78 is 5.35. The van der Waals surface area contributed by atoms with E-state index in [2.05, 4.69) is 17.8 Å². The van der Waals surface area contributed by atoms with Gasteiger partial charge < -0.3 is 4.74 Å². The van der Waals surface area contributed by atoms with Crippen LogP contribution >= 0.6 is 11.6 Å². The summed E-state index contributed by atoms with van der Waals surface area (Å²) in [4.78, 5) is 23.5. The molecule has 24 heavy (non-hydrogen) atoms. The van der Waals surface area contributed by atoms with E-state index in [1.165, 1.54) is 5.56 Å². The molecule has 6 heteroatoms. The van der Waals surface area contributed by atoms with Crippen molar-refractivity contribution in [2.45, 2.75) is 19.8 Å². The van der Waals surface area contributed by atoms with Crippen molar-refractivity contribution in [1.29, 1.82) is 0 Å². The van der Waals surface area contributed by atoms with Crippen molar-refractivity contribution in [2.75, 3.05) is 6.61 Å². The van der Waals surface area contributed by atoms with Gasteiger partial charge in [-0.1, -0.05) is 48.9 Å². The molecule has 2 aromatic rings. The van der Waals surface area contributed by atoms with E-state index >= 15 is 0 Å². The molecule has 0 aliphatic heterocycles.